The number of amides is 3. The van der Waals surface area contributed by atoms with E-state index in [0.717, 1.165) is 4.90 Å². The van der Waals surface area contributed by atoms with Crippen molar-refractivity contribution >= 4 is 11.9 Å². The summed E-state index contributed by atoms with van der Waals surface area (Å²) in [5.41, 5.74) is 0. The number of hydrogen-bond acceptors (Lipinski definition) is 2. The van der Waals surface area contributed by atoms with E-state index in [1.165, 1.54) is 11.8 Å². The highest BCUT2D eigenvalue weighted by molar-refractivity contribution is 6.02. The number of nitrogens with zero attached hydrogens (tertiary/aromatic N) is 2. The Kier molecular flexibility index (Phi) is 2.56. The molecule has 3 amide bonds. The summed E-state index contributed by atoms with van der Waals surface area (Å²) >= 11 is 0. The van der Waals surface area contributed by atoms with Gasteiger partial charge in [-0.25, -0.2) is 14.8 Å². The number of carbonyl (C=O) groups excluding carboxylic acids is 2. The van der Waals surface area contributed by atoms with Crippen LogP contribution in [0, 0.1) is 0 Å². The molecular weight excluding hydrogens is 172 g/mol. The second kappa shape index (κ2) is 3.33. The quantitative estimate of drug-likeness (QED) is 0.586. The summed E-state index contributed by atoms with van der Waals surface area (Å²) in [6, 6.07) is -0.511. The van der Waals surface area contributed by atoms with Crippen LogP contribution in [0.4, 0.5) is 4.79 Å². The number of hydrogen-bond donors (Lipinski definition) is 0. The van der Waals surface area contributed by atoms with E-state index in [0.29, 0.717) is 0 Å². The smallest absolute Gasteiger partial charge is 0.312 e. The van der Waals surface area contributed by atoms with Gasteiger partial charge in [0.2, 0.25) is 0 Å². The highest BCUT2D eigenvalue weighted by Gasteiger charge is 2.39. The molecule has 0 aromatic rings. The lowest BCUT2D eigenvalue weighted by molar-refractivity contribution is -0.133. The maximum atomic E-state index is 11.4. The first-order chi connectivity index (χ1) is 5.95. The van der Waals surface area contributed by atoms with Crippen molar-refractivity contribution in [3.8, 4) is 0 Å². The topological polar surface area (TPSA) is 60.5 Å². The zero-order valence-corrected chi connectivity index (χ0v) is 7.98. The van der Waals surface area contributed by atoms with Crippen LogP contribution in [0.15, 0.2) is 0 Å². The summed E-state index contributed by atoms with van der Waals surface area (Å²) in [6.07, 6.45) is -1.29. The molecule has 5 heteroatoms. The van der Waals surface area contributed by atoms with Crippen molar-refractivity contribution in [2.45, 2.75) is 33.0 Å². The van der Waals surface area contributed by atoms with Gasteiger partial charge in [-0.3, -0.25) is 4.79 Å². The van der Waals surface area contributed by atoms with Crippen molar-refractivity contribution < 1.29 is 14.7 Å². The fraction of sp³-hybridized carbons (Fsp3) is 0.750. The summed E-state index contributed by atoms with van der Waals surface area (Å²) in [5, 5.41) is 11.0. The Hall–Kier alpha value is -1.10. The lowest BCUT2D eigenvalue weighted by Crippen LogP contribution is -2.40. The summed E-state index contributed by atoms with van der Waals surface area (Å²) in [6.45, 7) is 4.94. The van der Waals surface area contributed by atoms with Gasteiger partial charge in [0.15, 0.2) is 6.23 Å². The molecule has 73 valence electrons. The monoisotopic (exact) mass is 185 g/mol. The molecule has 0 N–H and O–H groups in total. The Bertz CT molecular complexity index is 238. The van der Waals surface area contributed by atoms with Crippen LogP contribution in [0.2, 0.25) is 0 Å². The van der Waals surface area contributed by atoms with Gasteiger partial charge < -0.3 is 4.90 Å². The Morgan fingerprint density at radius 1 is 1.23 bits per heavy atom. The van der Waals surface area contributed by atoms with Crippen LogP contribution in [-0.4, -0.2) is 40.6 Å². The molecule has 0 saturated carbocycles. The third kappa shape index (κ3) is 1.65. The molecule has 13 heavy (non-hydrogen) atoms. The van der Waals surface area contributed by atoms with Gasteiger partial charge in [0.05, 0.1) is 0 Å². The first kappa shape index (κ1) is 9.98. The molecule has 1 radical (unpaired) electrons. The van der Waals surface area contributed by atoms with E-state index >= 15 is 0 Å². The van der Waals surface area contributed by atoms with Crippen molar-refractivity contribution in [2.75, 3.05) is 6.54 Å². The molecule has 5 nitrogen and oxygen atoms in total. The van der Waals surface area contributed by atoms with E-state index in [9.17, 15) is 14.7 Å². The molecule has 1 fully saturated rings. The Morgan fingerprint density at radius 3 is 2.00 bits per heavy atom. The molecule has 1 rings (SSSR count). The van der Waals surface area contributed by atoms with Gasteiger partial charge in [0, 0.05) is 6.04 Å². The van der Waals surface area contributed by atoms with Crippen LogP contribution in [0.5, 0.6) is 0 Å². The van der Waals surface area contributed by atoms with Crippen LogP contribution in [0.3, 0.4) is 0 Å². The van der Waals surface area contributed by atoms with Crippen molar-refractivity contribution in [3.05, 3.63) is 0 Å². The summed E-state index contributed by atoms with van der Waals surface area (Å²) in [5.74, 6) is -0.402. The van der Waals surface area contributed by atoms with E-state index in [-0.39, 0.29) is 12.6 Å². The summed E-state index contributed by atoms with van der Waals surface area (Å²) < 4.78 is 0. The summed E-state index contributed by atoms with van der Waals surface area (Å²) in [7, 11) is 0. The van der Waals surface area contributed by atoms with E-state index in [2.05, 4.69) is 0 Å². The lowest BCUT2D eigenvalue weighted by Gasteiger charge is -2.20. The molecule has 1 heterocycles. The average Bonchev–Trinajstić information content (AvgIpc) is 2.26. The molecule has 1 aliphatic rings. The van der Waals surface area contributed by atoms with Crippen LogP contribution < -0.4 is 0 Å². The summed E-state index contributed by atoms with van der Waals surface area (Å²) in [4.78, 5) is 24.8. The fourth-order valence-electron chi connectivity index (χ4n) is 1.30. The van der Waals surface area contributed by atoms with Gasteiger partial charge >= 0.3 is 6.03 Å². The van der Waals surface area contributed by atoms with Crippen molar-refractivity contribution in [1.29, 1.82) is 0 Å². The molecule has 1 saturated heterocycles. The minimum absolute atomic E-state index is 0.0308. The van der Waals surface area contributed by atoms with Crippen molar-refractivity contribution in [2.24, 2.45) is 0 Å². The lowest BCUT2D eigenvalue weighted by atomic mass is 10.3. The predicted molar refractivity (Wildman–Crippen MR) is 44.2 cm³/mol. The van der Waals surface area contributed by atoms with Crippen LogP contribution in [0.25, 0.3) is 0 Å². The van der Waals surface area contributed by atoms with E-state index in [1.807, 2.05) is 13.8 Å². The van der Waals surface area contributed by atoms with Gasteiger partial charge in [-0.2, -0.15) is 0 Å². The highest BCUT2D eigenvalue weighted by atomic mass is 16.3. The Balaban J connectivity index is 2.82. The minimum Gasteiger partial charge on any atom is -0.312 e. The molecule has 0 bridgehead atoms. The SMILES string of the molecule is CC(C)N1CC(=O)N(C(C)[O])C1=O. The van der Waals surface area contributed by atoms with Crippen molar-refractivity contribution in [1.82, 2.24) is 9.80 Å². The average molecular weight is 185 g/mol. The van der Waals surface area contributed by atoms with Gasteiger partial charge in [-0.15, -0.1) is 0 Å². The Labute approximate surface area is 76.9 Å². The molecule has 1 atom stereocenters. The molecule has 1 aliphatic heterocycles. The van der Waals surface area contributed by atoms with Crippen molar-refractivity contribution in [3.63, 3.8) is 0 Å². The van der Waals surface area contributed by atoms with E-state index < -0.39 is 18.2 Å². The predicted octanol–water partition coefficient (Wildman–Crippen LogP) is 0.436. The third-order valence-electron chi connectivity index (χ3n) is 2.01. The molecule has 0 aromatic carbocycles. The maximum Gasteiger partial charge on any atom is 0.329 e. The maximum absolute atomic E-state index is 11.4. The first-order valence-corrected chi connectivity index (χ1v) is 4.23. The second-order valence-corrected chi connectivity index (χ2v) is 3.37. The molecule has 1 unspecified atom stereocenters. The normalized spacial score (nSPS) is 20.4. The van der Waals surface area contributed by atoms with Crippen LogP contribution >= 0.6 is 0 Å². The van der Waals surface area contributed by atoms with Crippen LogP contribution in [0.1, 0.15) is 20.8 Å². The minimum atomic E-state index is -1.29. The number of imide groups is 1. The number of carbonyl (C=O) groups is 2. The van der Waals surface area contributed by atoms with Gasteiger partial charge in [-0.05, 0) is 20.8 Å². The standard InChI is InChI=1S/C8H13N2O3/c1-5(2)9-4-7(12)10(6(3)11)8(9)13/h5-6H,4H2,1-3H3. The fourth-order valence-corrected chi connectivity index (χ4v) is 1.30. The highest BCUT2D eigenvalue weighted by Crippen LogP contribution is 2.15. The molecule has 0 spiro atoms. The van der Waals surface area contributed by atoms with Crippen LogP contribution in [-0.2, 0) is 9.90 Å². The van der Waals surface area contributed by atoms with E-state index in [1.54, 1.807) is 0 Å². The first-order valence-electron chi connectivity index (χ1n) is 4.23. The zero-order valence-electron chi connectivity index (χ0n) is 7.98. The molecular formula is C8H13N2O3. The largest absolute Gasteiger partial charge is 0.329 e. The number of rotatable bonds is 2. The third-order valence-corrected chi connectivity index (χ3v) is 2.01. The molecule has 0 aromatic heterocycles. The molecule has 0 aliphatic carbocycles. The zero-order chi connectivity index (χ0) is 10.2. The van der Waals surface area contributed by atoms with Gasteiger partial charge in [-0.1, -0.05) is 0 Å². The van der Waals surface area contributed by atoms with Gasteiger partial charge in [0.25, 0.3) is 5.91 Å². The number of urea groups is 1. The van der Waals surface area contributed by atoms with Gasteiger partial charge in [0.1, 0.15) is 6.54 Å². The second-order valence-electron chi connectivity index (χ2n) is 3.37. The Morgan fingerprint density at radius 2 is 1.77 bits per heavy atom. The van der Waals surface area contributed by atoms with E-state index in [4.69, 9.17) is 0 Å².